The van der Waals surface area contributed by atoms with Gasteiger partial charge >= 0.3 is 0 Å². The number of nitrogens with zero attached hydrogens (tertiary/aromatic N) is 2. The lowest BCUT2D eigenvalue weighted by molar-refractivity contribution is -0.896. The van der Waals surface area contributed by atoms with Crippen LogP contribution >= 0.6 is 0 Å². The smallest absolute Gasteiger partial charge is 0.117 e. The molecule has 0 aliphatic carbocycles. The molecule has 0 aromatic carbocycles. The quantitative estimate of drug-likeness (QED) is 0.666. The fraction of sp³-hybridized carbons (Fsp3) is 0.917. The molecular weight excluding hydrogens is 186 g/mol. The number of nitriles is 1. The number of piperidine rings is 1. The number of likely N-dealkylation sites (tertiary alicyclic amines) is 1. The third kappa shape index (κ3) is 3.48. The molecule has 1 N–H and O–H groups in total. The zero-order chi connectivity index (χ0) is 11.7. The van der Waals surface area contributed by atoms with Gasteiger partial charge in [-0.15, -0.1) is 0 Å². The van der Waals surface area contributed by atoms with Gasteiger partial charge in [0.15, 0.2) is 0 Å². The standard InChI is InChI=1S/C12H24N3/c1-11(2,3)14-12(10-13)6-8-15(4,5)9-7-12/h14H,6-9H2,1-5H3/q+1. The molecule has 3 nitrogen and oxygen atoms in total. The van der Waals surface area contributed by atoms with Crippen LogP contribution in [-0.2, 0) is 0 Å². The van der Waals surface area contributed by atoms with Crippen LogP contribution in [0, 0.1) is 11.3 Å². The van der Waals surface area contributed by atoms with Gasteiger partial charge in [0, 0.05) is 18.4 Å². The average molecular weight is 210 g/mol. The van der Waals surface area contributed by atoms with Crippen LogP contribution in [-0.4, -0.2) is 42.7 Å². The van der Waals surface area contributed by atoms with Crippen molar-refractivity contribution in [2.75, 3.05) is 27.2 Å². The number of hydrogen-bond donors (Lipinski definition) is 1. The number of quaternary nitrogens is 1. The first-order chi connectivity index (χ1) is 6.68. The number of nitrogens with one attached hydrogen (secondary N) is 1. The van der Waals surface area contributed by atoms with Crippen molar-refractivity contribution in [3.63, 3.8) is 0 Å². The summed E-state index contributed by atoms with van der Waals surface area (Å²) < 4.78 is 1.04. The molecule has 86 valence electrons. The maximum Gasteiger partial charge on any atom is 0.117 e. The monoisotopic (exact) mass is 210 g/mol. The largest absolute Gasteiger partial charge is 0.328 e. The van der Waals surface area contributed by atoms with Crippen LogP contribution < -0.4 is 5.32 Å². The van der Waals surface area contributed by atoms with Crippen molar-refractivity contribution in [1.29, 1.82) is 5.26 Å². The molecule has 0 radical (unpaired) electrons. The predicted molar refractivity (Wildman–Crippen MR) is 62.3 cm³/mol. The van der Waals surface area contributed by atoms with Crippen molar-refractivity contribution in [1.82, 2.24) is 5.32 Å². The van der Waals surface area contributed by atoms with E-state index >= 15 is 0 Å². The molecule has 0 aromatic rings. The minimum Gasteiger partial charge on any atom is -0.328 e. The average Bonchev–Trinajstić information content (AvgIpc) is 2.07. The SMILES string of the molecule is CC(C)(C)NC1(C#N)CC[N+](C)(C)CC1. The summed E-state index contributed by atoms with van der Waals surface area (Å²) in [5.74, 6) is 0. The molecule has 0 bridgehead atoms. The van der Waals surface area contributed by atoms with Crippen molar-refractivity contribution < 1.29 is 4.48 Å². The highest BCUT2D eigenvalue weighted by atomic mass is 15.3. The normalized spacial score (nSPS) is 24.5. The Hall–Kier alpha value is -0.590. The molecule has 1 rings (SSSR count). The molecule has 0 spiro atoms. The summed E-state index contributed by atoms with van der Waals surface area (Å²) in [6.07, 6.45) is 1.90. The fourth-order valence-corrected chi connectivity index (χ4v) is 2.21. The summed E-state index contributed by atoms with van der Waals surface area (Å²) in [4.78, 5) is 0. The van der Waals surface area contributed by atoms with E-state index in [0.29, 0.717) is 0 Å². The van der Waals surface area contributed by atoms with E-state index in [1.54, 1.807) is 0 Å². The maximum absolute atomic E-state index is 9.36. The van der Waals surface area contributed by atoms with E-state index in [9.17, 15) is 5.26 Å². The second-order valence-corrected chi connectivity index (χ2v) is 6.45. The first-order valence-electron chi connectivity index (χ1n) is 5.71. The third-order valence-corrected chi connectivity index (χ3v) is 3.12. The molecule has 1 heterocycles. The predicted octanol–water partition coefficient (Wildman–Crippen LogP) is 1.51. The van der Waals surface area contributed by atoms with E-state index in [0.717, 1.165) is 30.4 Å². The van der Waals surface area contributed by atoms with Crippen molar-refractivity contribution in [2.24, 2.45) is 0 Å². The molecule has 1 saturated heterocycles. The van der Waals surface area contributed by atoms with Gasteiger partial charge in [0.1, 0.15) is 5.54 Å². The molecule has 0 atom stereocenters. The fourth-order valence-electron chi connectivity index (χ4n) is 2.21. The van der Waals surface area contributed by atoms with E-state index in [1.165, 1.54) is 0 Å². The van der Waals surface area contributed by atoms with Crippen LogP contribution in [0.25, 0.3) is 0 Å². The van der Waals surface area contributed by atoms with Gasteiger partial charge in [0.25, 0.3) is 0 Å². The van der Waals surface area contributed by atoms with Crippen molar-refractivity contribution >= 4 is 0 Å². The first-order valence-corrected chi connectivity index (χ1v) is 5.71. The Morgan fingerprint density at radius 2 is 1.67 bits per heavy atom. The molecule has 0 aromatic heterocycles. The summed E-state index contributed by atoms with van der Waals surface area (Å²) in [7, 11) is 4.47. The summed E-state index contributed by atoms with van der Waals surface area (Å²) in [6.45, 7) is 8.54. The lowest BCUT2D eigenvalue weighted by atomic mass is 9.85. The van der Waals surface area contributed by atoms with Gasteiger partial charge in [-0.05, 0) is 20.8 Å². The van der Waals surface area contributed by atoms with Crippen LogP contribution in [0.2, 0.25) is 0 Å². The molecule has 3 heteroatoms. The van der Waals surface area contributed by atoms with E-state index in [2.05, 4.69) is 46.3 Å². The van der Waals surface area contributed by atoms with Gasteiger partial charge < -0.3 is 4.48 Å². The van der Waals surface area contributed by atoms with Gasteiger partial charge in [-0.3, -0.25) is 5.32 Å². The minimum absolute atomic E-state index is 0.0181. The lowest BCUT2D eigenvalue weighted by Crippen LogP contribution is -2.61. The highest BCUT2D eigenvalue weighted by Crippen LogP contribution is 2.26. The Labute approximate surface area is 93.7 Å². The van der Waals surface area contributed by atoms with E-state index in [1.807, 2.05) is 0 Å². The van der Waals surface area contributed by atoms with E-state index in [-0.39, 0.29) is 11.1 Å². The number of hydrogen-bond acceptors (Lipinski definition) is 2. The summed E-state index contributed by atoms with van der Waals surface area (Å²) in [5.41, 5.74) is -0.282. The third-order valence-electron chi connectivity index (χ3n) is 3.12. The zero-order valence-electron chi connectivity index (χ0n) is 10.7. The minimum atomic E-state index is -0.300. The molecule has 1 fully saturated rings. The molecule has 15 heavy (non-hydrogen) atoms. The van der Waals surface area contributed by atoms with Crippen LogP contribution in [0.3, 0.4) is 0 Å². The highest BCUT2D eigenvalue weighted by Gasteiger charge is 2.41. The van der Waals surface area contributed by atoms with Crippen LogP contribution in [0.15, 0.2) is 0 Å². The molecule has 1 aliphatic rings. The second kappa shape index (κ2) is 3.77. The Bertz CT molecular complexity index is 258. The van der Waals surface area contributed by atoms with E-state index < -0.39 is 0 Å². The van der Waals surface area contributed by atoms with Crippen LogP contribution in [0.4, 0.5) is 0 Å². The summed E-state index contributed by atoms with van der Waals surface area (Å²) >= 11 is 0. The van der Waals surface area contributed by atoms with Gasteiger partial charge in [-0.1, -0.05) is 0 Å². The lowest BCUT2D eigenvalue weighted by Gasteiger charge is -2.44. The Balaban J connectivity index is 2.70. The molecule has 0 saturated carbocycles. The maximum atomic E-state index is 9.36. The van der Waals surface area contributed by atoms with Gasteiger partial charge in [0.05, 0.1) is 33.3 Å². The van der Waals surface area contributed by atoms with Crippen molar-refractivity contribution in [2.45, 2.75) is 44.7 Å². The topological polar surface area (TPSA) is 35.8 Å². The van der Waals surface area contributed by atoms with Crippen LogP contribution in [0.1, 0.15) is 33.6 Å². The molecular formula is C12H24N3+. The molecule has 1 aliphatic heterocycles. The highest BCUT2D eigenvalue weighted by molar-refractivity contribution is 5.10. The zero-order valence-corrected chi connectivity index (χ0v) is 10.7. The Morgan fingerprint density at radius 1 is 1.20 bits per heavy atom. The van der Waals surface area contributed by atoms with Crippen LogP contribution in [0.5, 0.6) is 0 Å². The van der Waals surface area contributed by atoms with Crippen molar-refractivity contribution in [3.05, 3.63) is 0 Å². The van der Waals surface area contributed by atoms with Crippen molar-refractivity contribution in [3.8, 4) is 6.07 Å². The first kappa shape index (κ1) is 12.5. The Kier molecular flexibility index (Phi) is 3.14. The van der Waals surface area contributed by atoms with Gasteiger partial charge in [0.2, 0.25) is 0 Å². The molecule has 0 unspecified atom stereocenters. The van der Waals surface area contributed by atoms with Gasteiger partial charge in [-0.2, -0.15) is 5.26 Å². The van der Waals surface area contributed by atoms with E-state index in [4.69, 9.17) is 0 Å². The summed E-state index contributed by atoms with van der Waals surface area (Å²) in [6, 6.07) is 2.49. The van der Waals surface area contributed by atoms with Gasteiger partial charge in [-0.25, -0.2) is 0 Å². The molecule has 0 amide bonds. The Morgan fingerprint density at radius 3 is 2.00 bits per heavy atom. The number of rotatable bonds is 1. The summed E-state index contributed by atoms with van der Waals surface area (Å²) in [5, 5.41) is 12.8. The second-order valence-electron chi connectivity index (χ2n) is 6.45.